The molecule has 1 aromatic carbocycles. The van der Waals surface area contributed by atoms with Crippen LogP contribution in [0, 0.1) is 5.41 Å². The lowest BCUT2D eigenvalue weighted by Crippen LogP contribution is -2.50. The van der Waals surface area contributed by atoms with Crippen molar-refractivity contribution in [1.29, 1.82) is 0 Å². The van der Waals surface area contributed by atoms with E-state index in [1.54, 1.807) is 13.8 Å². The van der Waals surface area contributed by atoms with Gasteiger partial charge in [0, 0.05) is 11.4 Å². The first kappa shape index (κ1) is 16.9. The van der Waals surface area contributed by atoms with Crippen LogP contribution in [-0.2, 0) is 15.6 Å². The van der Waals surface area contributed by atoms with Crippen molar-refractivity contribution in [2.45, 2.75) is 52.4 Å². The average molecular weight is 293 g/mol. The summed E-state index contributed by atoms with van der Waals surface area (Å²) in [4.78, 5) is 11.4. The molecule has 0 aromatic heterocycles. The molecule has 0 N–H and O–H groups in total. The lowest BCUT2D eigenvalue weighted by atomic mass is 9.83. The van der Waals surface area contributed by atoms with Gasteiger partial charge in [-0.3, -0.25) is 0 Å². The van der Waals surface area contributed by atoms with Gasteiger partial charge in [0.2, 0.25) is 0 Å². The molecule has 112 valence electrons. The number of hydrogen-bond donors (Lipinski definition) is 0. The lowest BCUT2D eigenvalue weighted by molar-refractivity contribution is -0.321. The molecule has 1 rings (SSSR count). The van der Waals surface area contributed by atoms with Gasteiger partial charge in [-0.2, -0.15) is 0 Å². The molecule has 0 saturated carbocycles. The van der Waals surface area contributed by atoms with Crippen LogP contribution in [0.5, 0.6) is 0 Å². The second-order valence-corrected chi connectivity index (χ2v) is 11.2. The largest absolute Gasteiger partial charge is 0.549 e. The highest BCUT2D eigenvalue weighted by Gasteiger charge is 2.34. The Balaban J connectivity index is 2.81. The predicted octanol–water partition coefficient (Wildman–Crippen LogP) is 2.62. The normalized spacial score (nSPS) is 14.1. The van der Waals surface area contributed by atoms with E-state index in [1.165, 1.54) is 5.56 Å². The van der Waals surface area contributed by atoms with Crippen molar-refractivity contribution in [1.82, 2.24) is 0 Å². The third kappa shape index (κ3) is 5.10. The molecule has 20 heavy (non-hydrogen) atoms. The lowest BCUT2D eigenvalue weighted by Gasteiger charge is -2.39. The maximum atomic E-state index is 11.4. The Hall–Kier alpha value is -1.13. The van der Waals surface area contributed by atoms with Gasteiger partial charge < -0.3 is 14.3 Å². The Kier molecular flexibility index (Phi) is 5.54. The van der Waals surface area contributed by atoms with Gasteiger partial charge in [0.25, 0.3) is 0 Å². The average Bonchev–Trinajstić information content (AvgIpc) is 2.34. The maximum Gasteiger partial charge on any atom is 0.184 e. The van der Waals surface area contributed by atoms with Gasteiger partial charge in [-0.15, -0.1) is 0 Å². The highest BCUT2D eigenvalue weighted by atomic mass is 28.4. The molecule has 0 bridgehead atoms. The molecule has 0 saturated heterocycles. The Morgan fingerprint density at radius 3 is 2.25 bits per heavy atom. The van der Waals surface area contributed by atoms with Gasteiger partial charge in [0.05, 0.1) is 6.10 Å². The molecule has 0 aliphatic heterocycles. The number of hydrogen-bond acceptors (Lipinski definition) is 3. The molecular weight excluding hydrogens is 268 g/mol. The molecule has 1 aromatic rings. The van der Waals surface area contributed by atoms with Crippen LogP contribution in [0.3, 0.4) is 0 Å². The number of carboxylic acids is 1. The fourth-order valence-corrected chi connectivity index (χ4v) is 3.33. The van der Waals surface area contributed by atoms with E-state index in [1.807, 2.05) is 18.2 Å². The molecule has 0 spiro atoms. The summed E-state index contributed by atoms with van der Waals surface area (Å²) < 4.78 is 6.10. The molecular formula is C16H25O3Si-. The maximum absolute atomic E-state index is 11.4. The van der Waals surface area contributed by atoms with Crippen molar-refractivity contribution in [3.8, 4) is 0 Å². The van der Waals surface area contributed by atoms with Gasteiger partial charge in [-0.1, -0.05) is 44.2 Å². The summed E-state index contributed by atoms with van der Waals surface area (Å²) in [6.07, 6.45) is 1.18. The Morgan fingerprint density at radius 1 is 1.25 bits per heavy atom. The first-order chi connectivity index (χ1) is 9.13. The second-order valence-electron chi connectivity index (χ2n) is 6.75. The Bertz CT molecular complexity index is 435. The predicted molar refractivity (Wildman–Crippen MR) is 81.8 cm³/mol. The third-order valence-corrected chi connectivity index (χ3v) is 4.36. The molecule has 0 aliphatic rings. The molecule has 4 heteroatoms. The van der Waals surface area contributed by atoms with Crippen LogP contribution in [0.1, 0.15) is 25.8 Å². The molecule has 3 nitrogen and oxygen atoms in total. The number of aliphatic carboxylic acids is 1. The van der Waals surface area contributed by atoms with Crippen LogP contribution in [0.15, 0.2) is 30.3 Å². The Labute approximate surface area is 123 Å². The summed E-state index contributed by atoms with van der Waals surface area (Å²) in [6.45, 7) is 9.62. The van der Waals surface area contributed by atoms with E-state index in [0.29, 0.717) is 6.42 Å². The number of carbonyl (C=O) groups is 1. The molecule has 0 radical (unpaired) electrons. The van der Waals surface area contributed by atoms with E-state index in [4.69, 9.17) is 4.43 Å². The molecule has 0 amide bonds. The van der Waals surface area contributed by atoms with Gasteiger partial charge in [-0.25, -0.2) is 0 Å². The fraction of sp³-hybridized carbons (Fsp3) is 0.562. The van der Waals surface area contributed by atoms with Crippen LogP contribution < -0.4 is 5.11 Å². The summed E-state index contributed by atoms with van der Waals surface area (Å²) >= 11 is 0. The molecule has 1 unspecified atom stereocenters. The van der Waals surface area contributed by atoms with E-state index < -0.39 is 19.7 Å². The minimum atomic E-state index is -1.81. The molecule has 1 atom stereocenters. The third-order valence-electron chi connectivity index (χ3n) is 3.36. The van der Waals surface area contributed by atoms with Gasteiger partial charge in [-0.05, 0) is 38.0 Å². The van der Waals surface area contributed by atoms with Gasteiger partial charge in [0.15, 0.2) is 8.32 Å². The zero-order chi connectivity index (χ0) is 15.4. The first-order valence-electron chi connectivity index (χ1n) is 7.06. The molecule has 0 heterocycles. The van der Waals surface area contributed by atoms with E-state index in [2.05, 4.69) is 31.8 Å². The van der Waals surface area contributed by atoms with Crippen LogP contribution in [0.4, 0.5) is 0 Å². The van der Waals surface area contributed by atoms with Crippen LogP contribution in [0.25, 0.3) is 0 Å². The number of carboxylic acid groups (broad SMARTS) is 1. The van der Waals surface area contributed by atoms with Crippen molar-refractivity contribution in [2.75, 3.05) is 0 Å². The summed E-state index contributed by atoms with van der Waals surface area (Å²) in [5.74, 6) is -1.05. The van der Waals surface area contributed by atoms with E-state index in [0.717, 1.165) is 6.42 Å². The topological polar surface area (TPSA) is 49.4 Å². The number of carbonyl (C=O) groups excluding carboxylic acids is 1. The minimum Gasteiger partial charge on any atom is -0.549 e. The van der Waals surface area contributed by atoms with Crippen LogP contribution in [-0.4, -0.2) is 20.4 Å². The number of benzene rings is 1. The monoisotopic (exact) mass is 293 g/mol. The van der Waals surface area contributed by atoms with Crippen LogP contribution >= 0.6 is 0 Å². The van der Waals surface area contributed by atoms with Gasteiger partial charge in [0.1, 0.15) is 0 Å². The van der Waals surface area contributed by atoms with Crippen molar-refractivity contribution >= 4 is 14.3 Å². The number of rotatable bonds is 7. The standard InChI is InChI=1S/C16H26O3Si/c1-16(2,15(17)18)14(19-20(3,4)5)12-11-13-9-7-6-8-10-13/h6-10,14H,11-12H2,1-5H3,(H,17,18)/p-1. The van der Waals surface area contributed by atoms with Crippen molar-refractivity contribution in [3.63, 3.8) is 0 Å². The summed E-state index contributed by atoms with van der Waals surface area (Å²) in [5.41, 5.74) is 0.223. The zero-order valence-electron chi connectivity index (χ0n) is 13.1. The minimum absolute atomic E-state index is 0.320. The highest BCUT2D eigenvalue weighted by Crippen LogP contribution is 2.29. The second kappa shape index (κ2) is 6.55. The van der Waals surface area contributed by atoms with Crippen LogP contribution in [0.2, 0.25) is 19.6 Å². The Morgan fingerprint density at radius 2 is 1.80 bits per heavy atom. The zero-order valence-corrected chi connectivity index (χ0v) is 14.1. The first-order valence-corrected chi connectivity index (χ1v) is 10.5. The van der Waals surface area contributed by atoms with Crippen molar-refractivity contribution < 1.29 is 14.3 Å². The van der Waals surface area contributed by atoms with E-state index in [9.17, 15) is 9.90 Å². The van der Waals surface area contributed by atoms with E-state index in [-0.39, 0.29) is 6.10 Å². The molecule has 0 aliphatic carbocycles. The number of aryl methyl sites for hydroxylation is 1. The summed E-state index contributed by atoms with van der Waals surface area (Å²) in [5, 5.41) is 11.4. The van der Waals surface area contributed by atoms with Crippen molar-refractivity contribution in [3.05, 3.63) is 35.9 Å². The quantitative estimate of drug-likeness (QED) is 0.726. The summed E-state index contributed by atoms with van der Waals surface area (Å²) in [7, 11) is -1.81. The van der Waals surface area contributed by atoms with Crippen molar-refractivity contribution in [2.24, 2.45) is 5.41 Å². The van der Waals surface area contributed by atoms with Gasteiger partial charge >= 0.3 is 0 Å². The molecule has 0 fully saturated rings. The SMILES string of the molecule is CC(C)(C(=O)[O-])C(CCc1ccccc1)O[Si](C)(C)C. The highest BCUT2D eigenvalue weighted by molar-refractivity contribution is 6.69. The fourth-order valence-electron chi connectivity index (χ4n) is 2.07. The summed E-state index contributed by atoms with van der Waals surface area (Å²) in [6, 6.07) is 10.1. The smallest absolute Gasteiger partial charge is 0.184 e. The van der Waals surface area contributed by atoms with E-state index >= 15 is 0 Å².